The zero-order valence-corrected chi connectivity index (χ0v) is 13.1. The zero-order chi connectivity index (χ0) is 14.0. The molecule has 0 aliphatic heterocycles. The molecule has 0 heterocycles. The summed E-state index contributed by atoms with van der Waals surface area (Å²) >= 11 is 11.7. The summed E-state index contributed by atoms with van der Waals surface area (Å²) in [5, 5.41) is 0.502. The highest BCUT2D eigenvalue weighted by molar-refractivity contribution is 7.89. The Kier molecular flexibility index (Phi) is 4.77. The van der Waals surface area contributed by atoms with Crippen molar-refractivity contribution >= 4 is 33.2 Å². The number of hydrogen-bond donors (Lipinski definition) is 0. The normalized spacial score (nSPS) is 16.0. The van der Waals surface area contributed by atoms with Crippen molar-refractivity contribution in [3.8, 4) is 0 Å². The zero-order valence-electron chi connectivity index (χ0n) is 10.8. The third-order valence-corrected chi connectivity index (χ3v) is 5.77. The van der Waals surface area contributed by atoms with Crippen molar-refractivity contribution in [3.05, 3.63) is 28.8 Å². The van der Waals surface area contributed by atoms with Crippen molar-refractivity contribution in [1.29, 1.82) is 0 Å². The summed E-state index contributed by atoms with van der Waals surface area (Å²) in [6, 6.07) is 4.90. The third-order valence-electron chi connectivity index (χ3n) is 3.17. The standard InChI is InChI=1S/C13H17Cl2NO2S/c1-2-7-16(11-3-4-11)19(17,18)12-5-6-13(15)10(8-12)9-14/h5-6,8,11H,2-4,7,9H2,1H3. The van der Waals surface area contributed by atoms with Crippen LogP contribution >= 0.6 is 23.2 Å². The van der Waals surface area contributed by atoms with Gasteiger partial charge in [0.2, 0.25) is 10.0 Å². The first-order valence-electron chi connectivity index (χ1n) is 6.37. The van der Waals surface area contributed by atoms with E-state index in [-0.39, 0.29) is 16.8 Å². The highest BCUT2D eigenvalue weighted by Gasteiger charge is 2.37. The molecule has 0 saturated heterocycles. The van der Waals surface area contributed by atoms with E-state index in [9.17, 15) is 8.42 Å². The van der Waals surface area contributed by atoms with Gasteiger partial charge in [0.15, 0.2) is 0 Å². The summed E-state index contributed by atoms with van der Waals surface area (Å²) in [4.78, 5) is 0.285. The second-order valence-corrected chi connectivity index (χ2v) is 7.30. The van der Waals surface area contributed by atoms with Gasteiger partial charge in [0, 0.05) is 23.5 Å². The summed E-state index contributed by atoms with van der Waals surface area (Å²) < 4.78 is 26.9. The van der Waals surface area contributed by atoms with E-state index in [2.05, 4.69) is 0 Å². The Labute approximate surface area is 124 Å². The molecule has 6 heteroatoms. The van der Waals surface area contributed by atoms with Crippen molar-refractivity contribution in [2.24, 2.45) is 0 Å². The molecule has 0 amide bonds. The van der Waals surface area contributed by atoms with Gasteiger partial charge < -0.3 is 0 Å². The van der Waals surface area contributed by atoms with E-state index in [1.807, 2.05) is 6.92 Å². The molecule has 1 aliphatic rings. The number of hydrogen-bond acceptors (Lipinski definition) is 2. The van der Waals surface area contributed by atoms with Gasteiger partial charge in [-0.2, -0.15) is 4.31 Å². The van der Waals surface area contributed by atoms with Crippen LogP contribution in [0.4, 0.5) is 0 Å². The van der Waals surface area contributed by atoms with Gasteiger partial charge in [0.05, 0.1) is 4.90 Å². The lowest BCUT2D eigenvalue weighted by atomic mass is 10.2. The van der Waals surface area contributed by atoms with Crippen molar-refractivity contribution in [2.75, 3.05) is 6.54 Å². The van der Waals surface area contributed by atoms with Gasteiger partial charge in [-0.15, -0.1) is 11.6 Å². The van der Waals surface area contributed by atoms with Crippen molar-refractivity contribution in [2.45, 2.75) is 43.0 Å². The lowest BCUT2D eigenvalue weighted by Crippen LogP contribution is -2.33. The molecule has 0 N–H and O–H groups in total. The van der Waals surface area contributed by atoms with Crippen LogP contribution in [0.5, 0.6) is 0 Å². The minimum absolute atomic E-state index is 0.167. The Hall–Kier alpha value is -0.290. The lowest BCUT2D eigenvalue weighted by molar-refractivity contribution is 0.403. The molecule has 1 saturated carbocycles. The molecule has 1 aromatic rings. The highest BCUT2D eigenvalue weighted by atomic mass is 35.5. The van der Waals surface area contributed by atoms with Gasteiger partial charge in [-0.1, -0.05) is 18.5 Å². The molecule has 0 unspecified atom stereocenters. The number of benzene rings is 1. The largest absolute Gasteiger partial charge is 0.243 e. The molecule has 2 rings (SSSR count). The first kappa shape index (κ1) is 15.1. The maximum Gasteiger partial charge on any atom is 0.243 e. The summed E-state index contributed by atoms with van der Waals surface area (Å²) in [7, 11) is -3.43. The Bertz CT molecular complexity index is 556. The van der Waals surface area contributed by atoms with Crippen LogP contribution in [0, 0.1) is 0 Å². The number of alkyl halides is 1. The maximum atomic E-state index is 12.6. The van der Waals surface area contributed by atoms with Crippen LogP contribution in [0.25, 0.3) is 0 Å². The molecule has 0 aromatic heterocycles. The minimum atomic E-state index is -3.43. The van der Waals surface area contributed by atoms with Crippen LogP contribution in [0.1, 0.15) is 31.7 Å². The molecule has 106 valence electrons. The van der Waals surface area contributed by atoms with E-state index in [4.69, 9.17) is 23.2 Å². The smallest absolute Gasteiger partial charge is 0.207 e. The summed E-state index contributed by atoms with van der Waals surface area (Å²) in [6.07, 6.45) is 2.72. The summed E-state index contributed by atoms with van der Waals surface area (Å²) in [5.41, 5.74) is 0.650. The fourth-order valence-electron chi connectivity index (χ4n) is 2.03. The van der Waals surface area contributed by atoms with Crippen LogP contribution < -0.4 is 0 Å². The van der Waals surface area contributed by atoms with Crippen LogP contribution in [-0.2, 0) is 15.9 Å². The van der Waals surface area contributed by atoms with Gasteiger partial charge in [-0.05, 0) is 43.0 Å². The van der Waals surface area contributed by atoms with Crippen molar-refractivity contribution in [3.63, 3.8) is 0 Å². The van der Waals surface area contributed by atoms with Crippen LogP contribution in [0.15, 0.2) is 23.1 Å². The Balaban J connectivity index is 2.37. The average molecular weight is 322 g/mol. The molecule has 0 radical (unpaired) electrons. The number of rotatable bonds is 6. The van der Waals surface area contributed by atoms with Crippen LogP contribution in [-0.4, -0.2) is 25.3 Å². The maximum absolute atomic E-state index is 12.6. The second-order valence-electron chi connectivity index (χ2n) is 4.73. The third kappa shape index (κ3) is 3.24. The van der Waals surface area contributed by atoms with Crippen LogP contribution in [0.3, 0.4) is 0 Å². The molecule has 1 aliphatic carbocycles. The SMILES string of the molecule is CCCN(C1CC1)S(=O)(=O)c1ccc(Cl)c(CCl)c1. The van der Waals surface area contributed by atoms with E-state index in [0.29, 0.717) is 17.1 Å². The molecule has 0 spiro atoms. The van der Waals surface area contributed by atoms with E-state index in [1.165, 1.54) is 0 Å². The fourth-order valence-corrected chi connectivity index (χ4v) is 4.33. The molecule has 1 aromatic carbocycles. The van der Waals surface area contributed by atoms with E-state index >= 15 is 0 Å². The lowest BCUT2D eigenvalue weighted by Gasteiger charge is -2.21. The van der Waals surface area contributed by atoms with Crippen LogP contribution in [0.2, 0.25) is 5.02 Å². The highest BCUT2D eigenvalue weighted by Crippen LogP contribution is 2.33. The van der Waals surface area contributed by atoms with Gasteiger partial charge in [-0.3, -0.25) is 0 Å². The quantitative estimate of drug-likeness (QED) is 0.750. The topological polar surface area (TPSA) is 37.4 Å². The number of sulfonamides is 1. The Morgan fingerprint density at radius 2 is 2.05 bits per heavy atom. The first-order valence-corrected chi connectivity index (χ1v) is 8.72. The van der Waals surface area contributed by atoms with Gasteiger partial charge in [0.1, 0.15) is 0 Å². The van der Waals surface area contributed by atoms with E-state index in [1.54, 1.807) is 22.5 Å². The van der Waals surface area contributed by atoms with E-state index < -0.39 is 10.0 Å². The monoisotopic (exact) mass is 321 g/mol. The number of halogens is 2. The number of nitrogens with zero attached hydrogens (tertiary/aromatic N) is 1. The van der Waals surface area contributed by atoms with Crippen molar-refractivity contribution < 1.29 is 8.42 Å². The van der Waals surface area contributed by atoms with E-state index in [0.717, 1.165) is 19.3 Å². The average Bonchev–Trinajstić information content (AvgIpc) is 3.20. The summed E-state index contributed by atoms with van der Waals surface area (Å²) in [5.74, 6) is 0.208. The summed E-state index contributed by atoms with van der Waals surface area (Å²) in [6.45, 7) is 2.54. The molecule has 0 atom stereocenters. The molecule has 1 fully saturated rings. The molecule has 3 nitrogen and oxygen atoms in total. The Morgan fingerprint density at radius 3 is 2.58 bits per heavy atom. The fraction of sp³-hybridized carbons (Fsp3) is 0.538. The Morgan fingerprint density at radius 1 is 1.37 bits per heavy atom. The minimum Gasteiger partial charge on any atom is -0.207 e. The predicted octanol–water partition coefficient (Wildman–Crippen LogP) is 3.64. The van der Waals surface area contributed by atoms with Gasteiger partial charge in [-0.25, -0.2) is 8.42 Å². The van der Waals surface area contributed by atoms with Crippen molar-refractivity contribution in [1.82, 2.24) is 4.31 Å². The predicted molar refractivity (Wildman–Crippen MR) is 78.2 cm³/mol. The molecular formula is C13H17Cl2NO2S. The van der Waals surface area contributed by atoms with Gasteiger partial charge in [0.25, 0.3) is 0 Å². The molecular weight excluding hydrogens is 305 g/mol. The van der Waals surface area contributed by atoms with Gasteiger partial charge >= 0.3 is 0 Å². The second kappa shape index (κ2) is 6.00. The molecule has 0 bridgehead atoms. The first-order chi connectivity index (χ1) is 9.00. The molecule has 19 heavy (non-hydrogen) atoms.